The van der Waals surface area contributed by atoms with Gasteiger partial charge in [0.2, 0.25) is 0 Å². The minimum absolute atomic E-state index is 0.308. The van der Waals surface area contributed by atoms with Crippen molar-refractivity contribution in [2.45, 2.75) is 0 Å². The first-order valence-corrected chi connectivity index (χ1v) is 6.69. The Labute approximate surface area is 126 Å². The molecule has 0 amide bonds. The van der Waals surface area contributed by atoms with Crippen molar-refractivity contribution in [3.8, 4) is 11.5 Å². The maximum absolute atomic E-state index is 13.0. The molecule has 0 spiro atoms. The molecule has 0 bridgehead atoms. The SMILES string of the molecule is C=Cc1cnc2cc(Cl)ccc2c1Oc1ccc(F)cc1. The molecule has 0 saturated carbocycles. The van der Waals surface area contributed by atoms with Gasteiger partial charge in [-0.2, -0.15) is 0 Å². The quantitative estimate of drug-likeness (QED) is 0.640. The number of nitrogens with zero attached hydrogens (tertiary/aromatic N) is 1. The van der Waals surface area contributed by atoms with Crippen LogP contribution in [-0.2, 0) is 0 Å². The molecule has 1 aromatic heterocycles. The normalized spacial score (nSPS) is 10.6. The van der Waals surface area contributed by atoms with E-state index in [0.29, 0.717) is 16.5 Å². The van der Waals surface area contributed by atoms with Gasteiger partial charge < -0.3 is 4.74 Å². The van der Waals surface area contributed by atoms with Crippen LogP contribution < -0.4 is 4.74 Å². The van der Waals surface area contributed by atoms with E-state index >= 15 is 0 Å². The minimum atomic E-state index is -0.308. The lowest BCUT2D eigenvalue weighted by Gasteiger charge is -2.12. The van der Waals surface area contributed by atoms with Crippen LogP contribution in [0.3, 0.4) is 0 Å². The van der Waals surface area contributed by atoms with Gasteiger partial charge in [-0.25, -0.2) is 4.39 Å². The van der Waals surface area contributed by atoms with Crippen LogP contribution in [0.5, 0.6) is 11.5 Å². The van der Waals surface area contributed by atoms with Gasteiger partial charge in [-0.05, 0) is 42.5 Å². The van der Waals surface area contributed by atoms with Crippen LogP contribution in [0.4, 0.5) is 4.39 Å². The number of benzene rings is 2. The lowest BCUT2D eigenvalue weighted by atomic mass is 10.1. The fraction of sp³-hybridized carbons (Fsp3) is 0. The summed E-state index contributed by atoms with van der Waals surface area (Å²) < 4.78 is 18.9. The fourth-order valence-corrected chi connectivity index (χ4v) is 2.20. The number of rotatable bonds is 3. The number of fused-ring (bicyclic) bond motifs is 1. The lowest BCUT2D eigenvalue weighted by Crippen LogP contribution is -1.92. The summed E-state index contributed by atoms with van der Waals surface area (Å²) in [4.78, 5) is 4.33. The van der Waals surface area contributed by atoms with E-state index in [-0.39, 0.29) is 5.82 Å². The van der Waals surface area contributed by atoms with E-state index in [0.717, 1.165) is 16.5 Å². The summed E-state index contributed by atoms with van der Waals surface area (Å²) in [5.41, 5.74) is 1.49. The van der Waals surface area contributed by atoms with Gasteiger partial charge in [0.25, 0.3) is 0 Å². The largest absolute Gasteiger partial charge is 0.456 e. The number of halogens is 2. The zero-order chi connectivity index (χ0) is 14.8. The van der Waals surface area contributed by atoms with E-state index in [1.54, 1.807) is 36.5 Å². The number of hydrogen-bond acceptors (Lipinski definition) is 2. The highest BCUT2D eigenvalue weighted by Crippen LogP contribution is 2.34. The highest BCUT2D eigenvalue weighted by Gasteiger charge is 2.10. The van der Waals surface area contributed by atoms with Crippen molar-refractivity contribution in [3.63, 3.8) is 0 Å². The van der Waals surface area contributed by atoms with Crippen molar-refractivity contribution in [1.29, 1.82) is 0 Å². The van der Waals surface area contributed by atoms with Crippen LogP contribution in [0.2, 0.25) is 5.02 Å². The van der Waals surface area contributed by atoms with E-state index in [4.69, 9.17) is 16.3 Å². The summed E-state index contributed by atoms with van der Waals surface area (Å²) in [5.74, 6) is 0.859. The van der Waals surface area contributed by atoms with E-state index < -0.39 is 0 Å². The smallest absolute Gasteiger partial charge is 0.145 e. The molecule has 0 fully saturated rings. The van der Waals surface area contributed by atoms with Crippen molar-refractivity contribution in [2.24, 2.45) is 0 Å². The number of ether oxygens (including phenoxy) is 1. The molecule has 3 rings (SSSR count). The molecular formula is C17H11ClFNO. The summed E-state index contributed by atoms with van der Waals surface area (Å²) >= 11 is 5.98. The Bertz CT molecular complexity index is 815. The first kappa shape index (κ1) is 13.6. The topological polar surface area (TPSA) is 22.1 Å². The predicted molar refractivity (Wildman–Crippen MR) is 83.3 cm³/mol. The van der Waals surface area contributed by atoms with Gasteiger partial charge in [0.15, 0.2) is 0 Å². The Morgan fingerprint density at radius 2 is 1.90 bits per heavy atom. The van der Waals surface area contributed by atoms with Crippen molar-refractivity contribution in [1.82, 2.24) is 4.98 Å². The van der Waals surface area contributed by atoms with Crippen LogP contribution >= 0.6 is 11.6 Å². The Morgan fingerprint density at radius 1 is 1.14 bits per heavy atom. The second-order valence-electron chi connectivity index (χ2n) is 4.46. The van der Waals surface area contributed by atoms with E-state index in [2.05, 4.69) is 11.6 Å². The monoisotopic (exact) mass is 299 g/mol. The highest BCUT2D eigenvalue weighted by atomic mass is 35.5. The number of pyridine rings is 1. The van der Waals surface area contributed by atoms with Crippen molar-refractivity contribution >= 4 is 28.6 Å². The molecule has 2 nitrogen and oxygen atoms in total. The molecule has 0 saturated heterocycles. The van der Waals surface area contributed by atoms with E-state index in [9.17, 15) is 4.39 Å². The van der Waals surface area contributed by atoms with E-state index in [1.807, 2.05) is 6.07 Å². The molecule has 0 aliphatic heterocycles. The second kappa shape index (κ2) is 5.54. The van der Waals surface area contributed by atoms with Crippen molar-refractivity contribution < 1.29 is 9.13 Å². The van der Waals surface area contributed by atoms with Gasteiger partial charge in [0.1, 0.15) is 17.3 Å². The second-order valence-corrected chi connectivity index (χ2v) is 4.90. The maximum atomic E-state index is 13.0. The summed E-state index contributed by atoms with van der Waals surface area (Å²) in [5, 5.41) is 1.43. The molecule has 3 aromatic rings. The lowest BCUT2D eigenvalue weighted by molar-refractivity contribution is 0.484. The molecule has 104 valence electrons. The molecule has 4 heteroatoms. The van der Waals surface area contributed by atoms with Crippen LogP contribution in [-0.4, -0.2) is 4.98 Å². The summed E-state index contributed by atoms with van der Waals surface area (Å²) in [6.07, 6.45) is 3.34. The predicted octanol–water partition coefficient (Wildman–Crippen LogP) is 5.46. The zero-order valence-corrected chi connectivity index (χ0v) is 11.8. The number of aromatic nitrogens is 1. The van der Waals surface area contributed by atoms with Gasteiger partial charge in [0.05, 0.1) is 5.52 Å². The summed E-state index contributed by atoms with van der Waals surface area (Å²) in [7, 11) is 0. The molecule has 0 radical (unpaired) electrons. The number of hydrogen-bond donors (Lipinski definition) is 0. The Kier molecular flexibility index (Phi) is 3.59. The third-order valence-corrected chi connectivity index (χ3v) is 3.30. The third-order valence-electron chi connectivity index (χ3n) is 3.06. The summed E-state index contributed by atoms with van der Waals surface area (Å²) in [6.45, 7) is 3.77. The Hall–Kier alpha value is -2.39. The first-order valence-electron chi connectivity index (χ1n) is 6.31. The first-order chi connectivity index (χ1) is 10.2. The molecule has 1 heterocycles. The average Bonchev–Trinajstić information content (AvgIpc) is 2.49. The molecule has 0 unspecified atom stereocenters. The van der Waals surface area contributed by atoms with E-state index in [1.165, 1.54) is 12.1 Å². The Balaban J connectivity index is 2.14. The van der Waals surface area contributed by atoms with Crippen LogP contribution in [0.15, 0.2) is 55.2 Å². The highest BCUT2D eigenvalue weighted by molar-refractivity contribution is 6.31. The molecule has 0 N–H and O–H groups in total. The Morgan fingerprint density at radius 3 is 2.62 bits per heavy atom. The van der Waals surface area contributed by atoms with Crippen LogP contribution in [0, 0.1) is 5.82 Å². The van der Waals surface area contributed by atoms with Crippen molar-refractivity contribution in [2.75, 3.05) is 0 Å². The van der Waals surface area contributed by atoms with Gasteiger partial charge in [-0.3, -0.25) is 4.98 Å². The molecule has 0 atom stereocenters. The van der Waals surface area contributed by atoms with Gasteiger partial charge in [-0.1, -0.05) is 24.3 Å². The van der Waals surface area contributed by atoms with Crippen molar-refractivity contribution in [3.05, 3.63) is 71.6 Å². The standard InChI is InChI=1S/C17H11ClFNO/c1-2-11-10-20-16-9-12(18)3-8-15(16)17(11)21-14-6-4-13(19)5-7-14/h2-10H,1H2. The molecule has 0 aliphatic carbocycles. The fourth-order valence-electron chi connectivity index (χ4n) is 2.04. The zero-order valence-electron chi connectivity index (χ0n) is 11.0. The van der Waals surface area contributed by atoms with Crippen LogP contribution in [0.1, 0.15) is 5.56 Å². The molecule has 2 aromatic carbocycles. The third kappa shape index (κ3) is 2.73. The average molecular weight is 300 g/mol. The molecule has 0 aliphatic rings. The van der Waals surface area contributed by atoms with Gasteiger partial charge >= 0.3 is 0 Å². The van der Waals surface area contributed by atoms with Gasteiger partial charge in [-0.15, -0.1) is 0 Å². The van der Waals surface area contributed by atoms with Crippen LogP contribution in [0.25, 0.3) is 17.0 Å². The minimum Gasteiger partial charge on any atom is -0.456 e. The molecular weight excluding hydrogens is 289 g/mol. The maximum Gasteiger partial charge on any atom is 0.145 e. The van der Waals surface area contributed by atoms with Gasteiger partial charge in [0, 0.05) is 22.2 Å². The summed E-state index contributed by atoms with van der Waals surface area (Å²) in [6, 6.07) is 11.2. The molecule has 21 heavy (non-hydrogen) atoms.